The maximum atomic E-state index is 17.0. The first kappa shape index (κ1) is 33.9. The van der Waals surface area contributed by atoms with Crippen LogP contribution in [0.5, 0.6) is 11.8 Å². The van der Waals surface area contributed by atoms with Crippen molar-refractivity contribution in [3.05, 3.63) is 47.7 Å². The summed E-state index contributed by atoms with van der Waals surface area (Å²) in [5, 5.41) is 15.4. The number of fused-ring (bicyclic) bond motifs is 5. The highest BCUT2D eigenvalue weighted by Crippen LogP contribution is 2.44. The second kappa shape index (κ2) is 13.4. The van der Waals surface area contributed by atoms with Crippen LogP contribution in [0.25, 0.3) is 32.9 Å². The number of anilines is 1. The van der Waals surface area contributed by atoms with E-state index >= 15 is 4.39 Å². The zero-order valence-corrected chi connectivity index (χ0v) is 28.9. The molecule has 0 aliphatic carbocycles. The van der Waals surface area contributed by atoms with Crippen LogP contribution in [0.4, 0.5) is 19.4 Å². The number of nitrogens with zero attached hydrogens (tertiary/aromatic N) is 6. The number of halogens is 2. The second-order valence-electron chi connectivity index (χ2n) is 14.4. The summed E-state index contributed by atoms with van der Waals surface area (Å²) in [6.07, 6.45) is 17.7. The summed E-state index contributed by atoms with van der Waals surface area (Å²) in [4.78, 5) is 32.3. The molecule has 268 valence electrons. The Kier molecular flexibility index (Phi) is 8.72. The van der Waals surface area contributed by atoms with Crippen molar-refractivity contribution in [2.24, 2.45) is 0 Å². The maximum Gasteiger partial charge on any atom is 0.410 e. The minimum absolute atomic E-state index is 0.000823. The number of hydrogen-bond donors (Lipinski definition) is 2. The number of aromatic nitrogens is 3. The van der Waals surface area contributed by atoms with Crippen molar-refractivity contribution in [1.29, 1.82) is 0 Å². The van der Waals surface area contributed by atoms with E-state index in [1.165, 1.54) is 35.4 Å². The molecule has 2 aromatic carbocycles. The number of benzene rings is 2. The van der Waals surface area contributed by atoms with Gasteiger partial charge in [-0.1, -0.05) is 17.9 Å². The molecule has 2 N–H and O–H groups in total. The number of pyridine rings is 1. The Morgan fingerprint density at radius 1 is 1.15 bits per heavy atom. The van der Waals surface area contributed by atoms with Gasteiger partial charge in [-0.25, -0.2) is 13.6 Å². The first-order chi connectivity index (χ1) is 25.2. The Bertz CT molecular complexity index is 2160. The van der Waals surface area contributed by atoms with Crippen molar-refractivity contribution in [2.45, 2.75) is 62.2 Å². The normalized spacial score (nSPS) is 23.8. The molecule has 52 heavy (non-hydrogen) atoms. The number of carbonyl (C=O) groups excluding carboxylic acids is 1. The van der Waals surface area contributed by atoms with Crippen LogP contribution in [0.2, 0.25) is 0 Å². The molecular weight excluding hydrogens is 668 g/mol. The minimum atomic E-state index is -0.763. The van der Waals surface area contributed by atoms with Crippen LogP contribution < -0.4 is 15.0 Å². The fourth-order valence-corrected chi connectivity index (χ4v) is 8.71. The summed E-state index contributed by atoms with van der Waals surface area (Å²) in [5.41, 5.74) is -0.352. The van der Waals surface area contributed by atoms with Gasteiger partial charge in [0, 0.05) is 55.4 Å². The number of terminal acetylenes is 2. The molecule has 0 radical (unpaired) electrons. The van der Waals surface area contributed by atoms with Gasteiger partial charge in [0.05, 0.1) is 23.0 Å². The van der Waals surface area contributed by atoms with E-state index in [2.05, 4.69) is 36.9 Å². The van der Waals surface area contributed by atoms with Crippen LogP contribution >= 0.6 is 0 Å². The second-order valence-corrected chi connectivity index (χ2v) is 14.4. The number of nitrogens with one attached hydrogen (secondary N) is 1. The molecule has 13 heteroatoms. The zero-order valence-electron chi connectivity index (χ0n) is 28.9. The Morgan fingerprint density at radius 3 is 2.73 bits per heavy atom. The quantitative estimate of drug-likeness (QED) is 0.247. The van der Waals surface area contributed by atoms with Crippen molar-refractivity contribution >= 4 is 33.6 Å². The van der Waals surface area contributed by atoms with Crippen LogP contribution in [-0.4, -0.2) is 106 Å². The van der Waals surface area contributed by atoms with Crippen LogP contribution in [0.15, 0.2) is 30.5 Å². The summed E-state index contributed by atoms with van der Waals surface area (Å²) in [5.74, 6) is 3.81. The van der Waals surface area contributed by atoms with Gasteiger partial charge in [-0.15, -0.1) is 12.8 Å². The predicted octanol–water partition coefficient (Wildman–Crippen LogP) is 4.83. The molecule has 11 nitrogen and oxygen atoms in total. The number of phenols is 1. The van der Waals surface area contributed by atoms with Gasteiger partial charge in [-0.2, -0.15) is 9.97 Å². The molecule has 0 saturated carbocycles. The number of rotatable bonds is 8. The molecular formula is C39H39F2N7O4. The van der Waals surface area contributed by atoms with E-state index in [1.54, 1.807) is 7.05 Å². The van der Waals surface area contributed by atoms with E-state index < -0.39 is 17.7 Å². The molecule has 4 aromatic rings. The zero-order chi connectivity index (χ0) is 36.1. The Morgan fingerprint density at radius 2 is 1.96 bits per heavy atom. The number of piperazine rings is 1. The van der Waals surface area contributed by atoms with Crippen molar-refractivity contribution in [3.63, 3.8) is 0 Å². The van der Waals surface area contributed by atoms with E-state index in [-0.39, 0.29) is 82.9 Å². The number of hydrogen-bond acceptors (Lipinski definition) is 10. The summed E-state index contributed by atoms with van der Waals surface area (Å²) >= 11 is 0. The van der Waals surface area contributed by atoms with Crippen molar-refractivity contribution < 1.29 is 28.2 Å². The fraction of sp³-hybridized carbons (Fsp3) is 0.436. The Labute approximate surface area is 300 Å². The van der Waals surface area contributed by atoms with Crippen molar-refractivity contribution in [1.82, 2.24) is 30.1 Å². The molecule has 4 aliphatic heterocycles. The number of carbonyl (C=O) groups is 1. The lowest BCUT2D eigenvalue weighted by molar-refractivity contribution is 0.0475. The third kappa shape index (κ3) is 5.88. The van der Waals surface area contributed by atoms with Gasteiger partial charge < -0.3 is 29.7 Å². The monoisotopic (exact) mass is 707 g/mol. The number of aromatic hydroxyl groups is 1. The molecule has 4 atom stereocenters. The molecule has 8 rings (SSSR count). The number of ether oxygens (including phenoxy) is 2. The van der Waals surface area contributed by atoms with Gasteiger partial charge in [0.15, 0.2) is 5.82 Å². The van der Waals surface area contributed by atoms with E-state index in [4.69, 9.17) is 27.3 Å². The smallest absolute Gasteiger partial charge is 0.410 e. The fourth-order valence-electron chi connectivity index (χ4n) is 8.71. The first-order valence-corrected chi connectivity index (χ1v) is 17.7. The van der Waals surface area contributed by atoms with E-state index in [9.17, 15) is 14.3 Å². The lowest BCUT2D eigenvalue weighted by Crippen LogP contribution is -2.51. The highest BCUT2D eigenvalue weighted by Gasteiger charge is 2.50. The van der Waals surface area contributed by atoms with Crippen molar-refractivity contribution in [3.8, 4) is 47.7 Å². The largest absolute Gasteiger partial charge is 0.508 e. The Balaban J connectivity index is 1.15. The van der Waals surface area contributed by atoms with Crippen LogP contribution in [0.3, 0.4) is 0 Å². The molecule has 4 fully saturated rings. The topological polar surface area (TPSA) is 116 Å². The number of amides is 1. The standard InChI is InChI=1S/C39H39F2N7O4/c1-4-14-46(3)38(50)51-21-26-11-13-39(12-6-15-48(26)39)22-52-37-44-35-30(36(45-37)47-19-24-8-9-25(20-47)43-24)18-42-34(33(35)41)29-17-27(49)16-23-7-10-31(40)28(5-2)32(23)29/h1-2,7,10,16-18,24-26,43,49H,6,8-9,11-15,19-22H2,3H3/t24-,25+,26-,39-/m0/s1. The summed E-state index contributed by atoms with van der Waals surface area (Å²) < 4.78 is 43.9. The summed E-state index contributed by atoms with van der Waals surface area (Å²) in [6.45, 7) is 2.88. The van der Waals surface area contributed by atoms with Gasteiger partial charge in [0.25, 0.3) is 0 Å². The third-order valence-corrected chi connectivity index (χ3v) is 11.2. The van der Waals surface area contributed by atoms with Crippen molar-refractivity contribution in [2.75, 3.05) is 51.3 Å². The highest BCUT2D eigenvalue weighted by atomic mass is 19.1. The third-order valence-electron chi connectivity index (χ3n) is 11.2. The van der Waals surface area contributed by atoms with Gasteiger partial charge in [-0.05, 0) is 68.7 Å². The number of phenolic OH excluding ortho intramolecular Hbond substituents is 1. The van der Waals surface area contributed by atoms with E-state index in [0.717, 1.165) is 45.1 Å². The summed E-state index contributed by atoms with van der Waals surface area (Å²) in [7, 11) is 1.61. The average molecular weight is 708 g/mol. The molecule has 4 aliphatic rings. The lowest BCUT2D eigenvalue weighted by Gasteiger charge is -2.35. The lowest BCUT2D eigenvalue weighted by atomic mass is 9.95. The van der Waals surface area contributed by atoms with Crippen LogP contribution in [0.1, 0.15) is 44.1 Å². The molecule has 1 amide bonds. The first-order valence-electron chi connectivity index (χ1n) is 17.7. The highest BCUT2D eigenvalue weighted by molar-refractivity contribution is 6.03. The molecule has 2 aromatic heterocycles. The van der Waals surface area contributed by atoms with E-state index in [0.29, 0.717) is 29.7 Å². The van der Waals surface area contributed by atoms with Gasteiger partial charge in [0.2, 0.25) is 0 Å². The van der Waals surface area contributed by atoms with Gasteiger partial charge >= 0.3 is 12.1 Å². The maximum absolute atomic E-state index is 17.0. The predicted molar refractivity (Wildman–Crippen MR) is 192 cm³/mol. The molecule has 2 bridgehead atoms. The summed E-state index contributed by atoms with van der Waals surface area (Å²) in [6, 6.07) is 6.11. The molecule has 0 unspecified atom stereocenters. The molecule has 0 spiro atoms. The minimum Gasteiger partial charge on any atom is -0.508 e. The van der Waals surface area contributed by atoms with Gasteiger partial charge in [-0.3, -0.25) is 9.88 Å². The van der Waals surface area contributed by atoms with Crippen LogP contribution in [0, 0.1) is 36.3 Å². The van der Waals surface area contributed by atoms with Gasteiger partial charge in [0.1, 0.15) is 41.8 Å². The van der Waals surface area contributed by atoms with E-state index in [1.807, 2.05) is 0 Å². The average Bonchev–Trinajstić information content (AvgIpc) is 3.82. The SMILES string of the molecule is C#CCN(C)C(=O)OC[C@@H]1CC[C@]2(COc3nc(N4C[C@H]5CC[C@@H](C4)N5)c4cnc(-c5cc(O)cc6ccc(F)c(C#C)c56)c(F)c4n3)CCCN12. The van der Waals surface area contributed by atoms with Crippen LogP contribution in [-0.2, 0) is 4.74 Å². The molecule has 6 heterocycles. The molecule has 4 saturated heterocycles. The Hall–Kier alpha value is -5.24.